The molecule has 1 aliphatic heterocycles. The van der Waals surface area contributed by atoms with Crippen molar-refractivity contribution >= 4 is 17.7 Å². The Morgan fingerprint density at radius 1 is 1.18 bits per heavy atom. The van der Waals surface area contributed by atoms with Gasteiger partial charge in [-0.1, -0.05) is 23.7 Å². The third-order valence-corrected chi connectivity index (χ3v) is 5.11. The molecule has 6 nitrogen and oxygen atoms in total. The molecule has 1 amide bonds. The van der Waals surface area contributed by atoms with Gasteiger partial charge in [-0.05, 0) is 44.0 Å². The van der Waals surface area contributed by atoms with Gasteiger partial charge in [-0.25, -0.2) is 9.78 Å². The van der Waals surface area contributed by atoms with Crippen LogP contribution in [0.2, 0.25) is 5.02 Å². The van der Waals surface area contributed by atoms with Gasteiger partial charge in [0.25, 0.3) is 0 Å². The number of halogens is 1. The summed E-state index contributed by atoms with van der Waals surface area (Å²) >= 11 is 5.93. The second kappa shape index (κ2) is 8.02. The Kier molecular flexibility index (Phi) is 5.30. The Morgan fingerprint density at radius 3 is 2.61 bits per heavy atom. The van der Waals surface area contributed by atoms with Crippen LogP contribution in [0.15, 0.2) is 53.3 Å². The maximum atomic E-state index is 12.3. The number of hydrogen-bond donors (Lipinski definition) is 0. The fourth-order valence-corrected chi connectivity index (χ4v) is 3.34. The highest BCUT2D eigenvalue weighted by molar-refractivity contribution is 6.30. The lowest BCUT2D eigenvalue weighted by Gasteiger charge is -2.29. The van der Waals surface area contributed by atoms with Gasteiger partial charge >= 0.3 is 6.09 Å². The van der Waals surface area contributed by atoms with Gasteiger partial charge in [-0.3, -0.25) is 4.98 Å². The van der Waals surface area contributed by atoms with Crippen LogP contribution in [-0.4, -0.2) is 34.1 Å². The molecule has 1 aliphatic rings. The number of likely N-dealkylation sites (tertiary alicyclic amines) is 1. The first-order valence-electron chi connectivity index (χ1n) is 9.19. The number of hydrogen-bond acceptors (Lipinski definition) is 5. The largest absolute Gasteiger partial charge is 0.448 e. The van der Waals surface area contributed by atoms with Crippen LogP contribution in [0.25, 0.3) is 11.3 Å². The highest BCUT2D eigenvalue weighted by Gasteiger charge is 2.28. The van der Waals surface area contributed by atoms with Gasteiger partial charge in [0.1, 0.15) is 12.0 Å². The number of benzene rings is 1. The molecule has 1 fully saturated rings. The van der Waals surface area contributed by atoms with E-state index in [2.05, 4.69) is 9.97 Å². The summed E-state index contributed by atoms with van der Waals surface area (Å²) in [5.41, 5.74) is 2.64. The summed E-state index contributed by atoms with van der Waals surface area (Å²) in [6.45, 7) is 3.08. The normalized spacial score (nSPS) is 14.9. The molecule has 3 heterocycles. The third kappa shape index (κ3) is 4.17. The van der Waals surface area contributed by atoms with Crippen LogP contribution < -0.4 is 4.74 Å². The van der Waals surface area contributed by atoms with Crippen molar-refractivity contribution in [1.82, 2.24) is 14.9 Å². The average molecular weight is 398 g/mol. The number of amides is 1. The molecule has 0 bridgehead atoms. The number of aryl methyl sites for hydroxylation is 1. The molecule has 144 valence electrons. The number of ether oxygens (including phenoxy) is 1. The quantitative estimate of drug-likeness (QED) is 0.616. The summed E-state index contributed by atoms with van der Waals surface area (Å²) in [5, 5.41) is 0.688. The molecular formula is C21H20ClN3O3. The van der Waals surface area contributed by atoms with Gasteiger partial charge in [-0.15, -0.1) is 0 Å². The lowest BCUT2D eigenvalue weighted by Crippen LogP contribution is -2.39. The summed E-state index contributed by atoms with van der Waals surface area (Å²) in [4.78, 5) is 22.8. The number of carbonyl (C=O) groups is 1. The Balaban J connectivity index is 1.34. The summed E-state index contributed by atoms with van der Waals surface area (Å²) in [6.07, 6.45) is 4.44. The first-order valence-corrected chi connectivity index (χ1v) is 9.57. The van der Waals surface area contributed by atoms with E-state index in [1.165, 1.54) is 0 Å². The van der Waals surface area contributed by atoms with Crippen molar-refractivity contribution < 1.29 is 13.9 Å². The van der Waals surface area contributed by atoms with Crippen molar-refractivity contribution in [3.63, 3.8) is 0 Å². The van der Waals surface area contributed by atoms with Crippen LogP contribution in [0.3, 0.4) is 0 Å². The van der Waals surface area contributed by atoms with Crippen molar-refractivity contribution in [1.29, 1.82) is 0 Å². The lowest BCUT2D eigenvalue weighted by molar-refractivity contribution is 0.136. The van der Waals surface area contributed by atoms with Crippen LogP contribution in [0.5, 0.6) is 5.75 Å². The van der Waals surface area contributed by atoms with Crippen molar-refractivity contribution in [3.05, 3.63) is 65.5 Å². The molecule has 0 atom stereocenters. The topological polar surface area (TPSA) is 68.5 Å². The van der Waals surface area contributed by atoms with Crippen LogP contribution >= 0.6 is 11.6 Å². The Morgan fingerprint density at radius 2 is 1.93 bits per heavy atom. The molecular weight excluding hydrogens is 378 g/mol. The number of piperidine rings is 1. The fraction of sp³-hybridized carbons (Fsp3) is 0.286. The zero-order valence-electron chi connectivity index (χ0n) is 15.5. The molecule has 0 aliphatic carbocycles. The smallest absolute Gasteiger partial charge is 0.415 e. The van der Waals surface area contributed by atoms with Crippen molar-refractivity contribution in [2.45, 2.75) is 25.7 Å². The summed E-state index contributed by atoms with van der Waals surface area (Å²) in [5.74, 6) is 1.35. The van der Waals surface area contributed by atoms with Gasteiger partial charge in [0.2, 0.25) is 0 Å². The van der Waals surface area contributed by atoms with Crippen LogP contribution in [0.4, 0.5) is 4.79 Å². The van der Waals surface area contributed by atoms with E-state index in [0.717, 1.165) is 29.8 Å². The number of aromatic nitrogens is 2. The maximum Gasteiger partial charge on any atom is 0.415 e. The van der Waals surface area contributed by atoms with E-state index in [0.29, 0.717) is 29.8 Å². The minimum Gasteiger partial charge on any atom is -0.448 e. The van der Waals surface area contributed by atoms with Crippen LogP contribution in [0, 0.1) is 6.92 Å². The fourth-order valence-electron chi connectivity index (χ4n) is 3.22. The molecule has 0 unspecified atom stereocenters. The standard InChI is InChI=1S/C21H20ClN3O3/c1-14-2-7-18(12-23-14)28-21(26)25-10-8-16(9-11-25)20-24-19(13-27-20)15-3-5-17(22)6-4-15/h2-7,12-13,16H,8-11H2,1H3. The molecule has 1 aromatic carbocycles. The van der Waals surface area contributed by atoms with Crippen LogP contribution in [0.1, 0.15) is 30.3 Å². The summed E-state index contributed by atoms with van der Waals surface area (Å²) in [7, 11) is 0. The molecule has 1 saturated heterocycles. The van der Waals surface area contributed by atoms with Gasteiger partial charge in [-0.2, -0.15) is 0 Å². The first kappa shape index (κ1) is 18.5. The monoisotopic (exact) mass is 397 g/mol. The number of carbonyl (C=O) groups excluding carboxylic acids is 1. The Bertz CT molecular complexity index is 946. The molecule has 0 N–H and O–H groups in total. The van der Waals surface area contributed by atoms with E-state index in [1.807, 2.05) is 37.3 Å². The van der Waals surface area contributed by atoms with E-state index in [4.69, 9.17) is 20.8 Å². The minimum atomic E-state index is -0.349. The van der Waals surface area contributed by atoms with Gasteiger partial charge in [0.15, 0.2) is 11.6 Å². The predicted molar refractivity (Wildman–Crippen MR) is 105 cm³/mol. The highest BCUT2D eigenvalue weighted by Crippen LogP contribution is 2.30. The molecule has 0 spiro atoms. The summed E-state index contributed by atoms with van der Waals surface area (Å²) in [6, 6.07) is 11.1. The second-order valence-corrected chi connectivity index (χ2v) is 7.28. The maximum absolute atomic E-state index is 12.3. The van der Waals surface area contributed by atoms with E-state index < -0.39 is 0 Å². The first-order chi connectivity index (χ1) is 13.6. The molecule has 4 rings (SSSR count). The van der Waals surface area contributed by atoms with E-state index >= 15 is 0 Å². The molecule has 0 saturated carbocycles. The lowest BCUT2D eigenvalue weighted by atomic mass is 9.97. The molecule has 0 radical (unpaired) electrons. The van der Waals surface area contributed by atoms with Crippen molar-refractivity contribution in [3.8, 4) is 17.0 Å². The second-order valence-electron chi connectivity index (χ2n) is 6.84. The van der Waals surface area contributed by atoms with Gasteiger partial charge in [0.05, 0.1) is 6.20 Å². The zero-order valence-corrected chi connectivity index (χ0v) is 16.2. The number of nitrogens with zero attached hydrogens (tertiary/aromatic N) is 3. The highest BCUT2D eigenvalue weighted by atomic mass is 35.5. The molecule has 3 aromatic rings. The van der Waals surface area contributed by atoms with Crippen molar-refractivity contribution in [2.75, 3.05) is 13.1 Å². The third-order valence-electron chi connectivity index (χ3n) is 4.85. The molecule has 28 heavy (non-hydrogen) atoms. The minimum absolute atomic E-state index is 0.186. The van der Waals surface area contributed by atoms with E-state index in [9.17, 15) is 4.79 Å². The molecule has 7 heteroatoms. The van der Waals surface area contributed by atoms with E-state index in [-0.39, 0.29) is 12.0 Å². The predicted octanol–water partition coefficient (Wildman–Crippen LogP) is 5.08. The SMILES string of the molecule is Cc1ccc(OC(=O)N2CCC(c3nc(-c4ccc(Cl)cc4)co3)CC2)cn1. The average Bonchev–Trinajstić information content (AvgIpc) is 3.20. The Labute approximate surface area is 168 Å². The number of oxazole rings is 1. The van der Waals surface area contributed by atoms with Gasteiger partial charge in [0, 0.05) is 35.3 Å². The molecule has 2 aromatic heterocycles. The van der Waals surface area contributed by atoms with Gasteiger partial charge < -0.3 is 14.1 Å². The zero-order chi connectivity index (χ0) is 19.5. The number of rotatable bonds is 3. The van der Waals surface area contributed by atoms with E-state index in [1.54, 1.807) is 23.4 Å². The summed E-state index contributed by atoms with van der Waals surface area (Å²) < 4.78 is 11.1. The van der Waals surface area contributed by atoms with Crippen LogP contribution in [-0.2, 0) is 0 Å². The Hall–Kier alpha value is -2.86. The van der Waals surface area contributed by atoms with Crippen molar-refractivity contribution in [2.24, 2.45) is 0 Å². The number of pyridine rings is 1.